The predicted molar refractivity (Wildman–Crippen MR) is 180 cm³/mol. The summed E-state index contributed by atoms with van der Waals surface area (Å²) in [6.45, 7) is 13.5. The van der Waals surface area contributed by atoms with E-state index in [0.29, 0.717) is 62.0 Å². The fraction of sp³-hybridized carbons (Fsp3) is 0.382. The van der Waals surface area contributed by atoms with Gasteiger partial charge in [0.1, 0.15) is 17.3 Å². The Hall–Kier alpha value is -4.91. The van der Waals surface area contributed by atoms with Crippen molar-refractivity contribution < 1.29 is 13.6 Å². The smallest absolute Gasteiger partial charge is 0.355 e. The van der Waals surface area contributed by atoms with Gasteiger partial charge in [0.15, 0.2) is 11.5 Å². The molecule has 47 heavy (non-hydrogen) atoms. The Kier molecular flexibility index (Phi) is 8.66. The zero-order chi connectivity index (χ0) is 33.6. The van der Waals surface area contributed by atoms with Crippen molar-refractivity contribution in [3.8, 4) is 16.9 Å². The SMILES string of the molecule is C=CC(=O)N1C[C@H](C)N(c2nc(=O)n3c4nc(c(F)cc24)-c2c(F)cccc2N(CCN)CCNc2ccnc(C(C)C)c2-3)C[C@H]1C. The third-order valence-corrected chi connectivity index (χ3v) is 8.91. The fourth-order valence-electron chi connectivity index (χ4n) is 6.66. The van der Waals surface area contributed by atoms with Gasteiger partial charge in [-0.1, -0.05) is 26.5 Å². The Morgan fingerprint density at radius 2 is 1.94 bits per heavy atom. The van der Waals surface area contributed by atoms with Gasteiger partial charge >= 0.3 is 5.69 Å². The number of benzene rings is 1. The van der Waals surface area contributed by atoms with Gasteiger partial charge < -0.3 is 25.8 Å². The number of amides is 1. The normalized spacial score (nSPS) is 18.0. The largest absolute Gasteiger partial charge is 0.381 e. The number of nitrogens with two attached hydrogens (primary N) is 1. The molecule has 6 rings (SSSR count). The van der Waals surface area contributed by atoms with Crippen LogP contribution in [0.3, 0.4) is 0 Å². The number of nitrogens with one attached hydrogen (secondary N) is 1. The van der Waals surface area contributed by atoms with Gasteiger partial charge in [0.05, 0.1) is 28.0 Å². The first kappa shape index (κ1) is 32.0. The van der Waals surface area contributed by atoms with Gasteiger partial charge in [-0.25, -0.2) is 23.1 Å². The van der Waals surface area contributed by atoms with Crippen molar-refractivity contribution in [3.63, 3.8) is 0 Å². The van der Waals surface area contributed by atoms with Crippen molar-refractivity contribution in [1.82, 2.24) is 24.4 Å². The first-order chi connectivity index (χ1) is 22.5. The van der Waals surface area contributed by atoms with Gasteiger partial charge in [-0.3, -0.25) is 9.78 Å². The van der Waals surface area contributed by atoms with Crippen LogP contribution in [0.1, 0.15) is 39.3 Å². The Labute approximate surface area is 271 Å². The van der Waals surface area contributed by atoms with Gasteiger partial charge in [0.25, 0.3) is 0 Å². The van der Waals surface area contributed by atoms with Crippen LogP contribution in [0.4, 0.5) is 26.0 Å². The first-order valence-electron chi connectivity index (χ1n) is 15.9. The summed E-state index contributed by atoms with van der Waals surface area (Å²) in [6, 6.07) is 7.10. The molecule has 1 amide bonds. The van der Waals surface area contributed by atoms with Crippen LogP contribution in [0.25, 0.3) is 28.0 Å². The summed E-state index contributed by atoms with van der Waals surface area (Å²) < 4.78 is 33.7. The summed E-state index contributed by atoms with van der Waals surface area (Å²) in [7, 11) is 0. The van der Waals surface area contributed by atoms with Gasteiger partial charge in [0, 0.05) is 63.2 Å². The van der Waals surface area contributed by atoms with Crippen molar-refractivity contribution in [3.05, 3.63) is 77.0 Å². The zero-order valence-corrected chi connectivity index (χ0v) is 27.0. The number of aromatic nitrogens is 4. The van der Waals surface area contributed by atoms with Crippen LogP contribution in [0, 0.1) is 11.6 Å². The van der Waals surface area contributed by atoms with E-state index in [-0.39, 0.29) is 52.0 Å². The summed E-state index contributed by atoms with van der Waals surface area (Å²) in [5.74, 6) is -1.49. The van der Waals surface area contributed by atoms with E-state index in [1.165, 1.54) is 22.8 Å². The molecule has 2 aliphatic heterocycles. The lowest BCUT2D eigenvalue weighted by molar-refractivity contribution is -0.128. The lowest BCUT2D eigenvalue weighted by Crippen LogP contribution is -2.58. The first-order valence-corrected chi connectivity index (χ1v) is 15.9. The predicted octanol–water partition coefficient (Wildman–Crippen LogP) is 4.05. The lowest BCUT2D eigenvalue weighted by Gasteiger charge is -2.44. The van der Waals surface area contributed by atoms with Crippen molar-refractivity contribution in [1.29, 1.82) is 0 Å². The quantitative estimate of drug-likeness (QED) is 0.310. The minimum atomic E-state index is -0.767. The van der Waals surface area contributed by atoms with Crippen LogP contribution < -0.4 is 26.5 Å². The zero-order valence-electron chi connectivity index (χ0n) is 27.0. The Bertz CT molecular complexity index is 1930. The molecule has 1 aromatic carbocycles. The Morgan fingerprint density at radius 3 is 2.66 bits per heavy atom. The van der Waals surface area contributed by atoms with E-state index in [1.807, 2.05) is 37.5 Å². The average molecular weight is 644 g/mol. The van der Waals surface area contributed by atoms with E-state index in [0.717, 1.165) is 0 Å². The van der Waals surface area contributed by atoms with Gasteiger partial charge in [-0.05, 0) is 50.1 Å². The molecule has 0 spiro atoms. The van der Waals surface area contributed by atoms with Crippen molar-refractivity contribution in [2.75, 3.05) is 54.4 Å². The summed E-state index contributed by atoms with van der Waals surface area (Å²) in [5, 5.41) is 3.72. The molecule has 0 aliphatic carbocycles. The van der Waals surface area contributed by atoms with Crippen LogP contribution >= 0.6 is 0 Å². The number of fused-ring (bicyclic) bond motifs is 5. The number of carbonyl (C=O) groups is 1. The van der Waals surface area contributed by atoms with Crippen molar-refractivity contribution >= 4 is 34.1 Å². The maximum atomic E-state index is 16.5. The third-order valence-electron chi connectivity index (χ3n) is 8.91. The molecule has 1 fully saturated rings. The molecule has 13 heteroatoms. The number of nitrogens with zero attached hydrogens (tertiary/aromatic N) is 7. The molecule has 2 bridgehead atoms. The summed E-state index contributed by atoms with van der Waals surface area (Å²) in [4.78, 5) is 46.4. The summed E-state index contributed by atoms with van der Waals surface area (Å²) in [5.41, 5.74) is 7.31. The number of carbonyl (C=O) groups excluding carboxylic acids is 1. The molecule has 246 valence electrons. The second-order valence-corrected chi connectivity index (χ2v) is 12.4. The molecule has 5 heterocycles. The molecular weight excluding hydrogens is 604 g/mol. The van der Waals surface area contributed by atoms with Crippen molar-refractivity contribution in [2.24, 2.45) is 5.73 Å². The molecule has 3 N–H and O–H groups in total. The number of hydrogen-bond donors (Lipinski definition) is 2. The van der Waals surface area contributed by atoms with Crippen LogP contribution in [0.5, 0.6) is 0 Å². The minimum Gasteiger partial charge on any atom is -0.381 e. The van der Waals surface area contributed by atoms with Gasteiger partial charge in [-0.2, -0.15) is 4.98 Å². The highest BCUT2D eigenvalue weighted by atomic mass is 19.1. The van der Waals surface area contributed by atoms with Gasteiger partial charge in [-0.15, -0.1) is 0 Å². The van der Waals surface area contributed by atoms with E-state index in [2.05, 4.69) is 21.9 Å². The Morgan fingerprint density at radius 1 is 1.15 bits per heavy atom. The maximum Gasteiger partial charge on any atom is 0.355 e. The maximum absolute atomic E-state index is 16.5. The number of halogens is 2. The summed E-state index contributed by atoms with van der Waals surface area (Å²) >= 11 is 0. The van der Waals surface area contributed by atoms with E-state index >= 15 is 8.78 Å². The molecule has 0 saturated carbocycles. The number of rotatable bonds is 5. The van der Waals surface area contributed by atoms with Gasteiger partial charge in [0.2, 0.25) is 5.91 Å². The molecule has 0 unspecified atom stereocenters. The lowest BCUT2D eigenvalue weighted by atomic mass is 10.0. The van der Waals surface area contributed by atoms with E-state index < -0.39 is 17.3 Å². The fourth-order valence-corrected chi connectivity index (χ4v) is 6.66. The molecule has 3 aromatic heterocycles. The summed E-state index contributed by atoms with van der Waals surface area (Å²) in [6.07, 6.45) is 2.96. The second-order valence-electron chi connectivity index (χ2n) is 12.4. The molecule has 0 radical (unpaired) electrons. The number of hydrogen-bond acceptors (Lipinski definition) is 9. The standard InChI is InChI=1S/C34H39F2N9O2/c1-6-27(46)43-17-21(5)44(18-20(43)4)32-22-16-24(36)30-28-23(35)8-7-9-26(28)42(14-11-37)15-13-38-25-10-12-39-29(19(2)3)31(25)45(33(22)40-30)34(47)41-32/h6-10,12,16,19-21,38H,1,11,13-15,17-18,37H2,2-5H3/t20-,21+/m1/s1. The Balaban J connectivity index is 1.70. The monoisotopic (exact) mass is 643 g/mol. The highest BCUT2D eigenvalue weighted by molar-refractivity contribution is 5.93. The van der Waals surface area contributed by atoms with E-state index in [9.17, 15) is 9.59 Å². The van der Waals surface area contributed by atoms with Crippen LogP contribution in [-0.4, -0.2) is 81.7 Å². The number of pyridine rings is 2. The molecule has 4 aromatic rings. The minimum absolute atomic E-state index is 0.0210. The molecule has 2 atom stereocenters. The molecule has 1 saturated heterocycles. The molecule has 11 nitrogen and oxygen atoms in total. The molecule has 2 aliphatic rings. The van der Waals surface area contributed by atoms with E-state index in [4.69, 9.17) is 10.7 Å². The molecular formula is C34H39F2N9O2. The van der Waals surface area contributed by atoms with Crippen molar-refractivity contribution in [2.45, 2.75) is 45.7 Å². The van der Waals surface area contributed by atoms with Crippen LogP contribution in [-0.2, 0) is 4.79 Å². The topological polar surface area (TPSA) is 126 Å². The van der Waals surface area contributed by atoms with Crippen LogP contribution in [0.2, 0.25) is 0 Å². The van der Waals surface area contributed by atoms with E-state index in [1.54, 1.807) is 29.3 Å². The highest BCUT2D eigenvalue weighted by Crippen LogP contribution is 2.39. The number of piperazine rings is 1. The van der Waals surface area contributed by atoms with Crippen LogP contribution in [0.15, 0.2) is 54.0 Å². The number of anilines is 3. The average Bonchev–Trinajstić information content (AvgIpc) is 3.04. The second kappa shape index (κ2) is 12.7. The third kappa shape index (κ3) is 5.58. The highest BCUT2D eigenvalue weighted by Gasteiger charge is 2.35.